The van der Waals surface area contributed by atoms with E-state index < -0.39 is 11.4 Å². The molecule has 1 fully saturated rings. The summed E-state index contributed by atoms with van der Waals surface area (Å²) in [7, 11) is 0. The van der Waals surface area contributed by atoms with Gasteiger partial charge in [0.1, 0.15) is 12.2 Å². The summed E-state index contributed by atoms with van der Waals surface area (Å²) in [6.07, 6.45) is -0.320. The van der Waals surface area contributed by atoms with Crippen LogP contribution in [0.3, 0.4) is 0 Å². The Bertz CT molecular complexity index is 490. The van der Waals surface area contributed by atoms with Gasteiger partial charge in [-0.2, -0.15) is 0 Å². The Morgan fingerprint density at radius 1 is 1.24 bits per heavy atom. The zero-order chi connectivity index (χ0) is 15.7. The Morgan fingerprint density at radius 3 is 2.43 bits per heavy atom. The lowest BCUT2D eigenvalue weighted by atomic mass is 9.93. The van der Waals surface area contributed by atoms with E-state index in [1.165, 1.54) is 0 Å². The molecule has 116 valence electrons. The summed E-state index contributed by atoms with van der Waals surface area (Å²) < 4.78 is 18.2. The summed E-state index contributed by atoms with van der Waals surface area (Å²) in [6.45, 7) is 14.5. The van der Waals surface area contributed by atoms with Crippen LogP contribution in [0, 0.1) is 0 Å². The fraction of sp³-hybridized carbons (Fsp3) is 0.556. The maximum atomic E-state index is 6.13. The topological polar surface area (TPSA) is 27.7 Å². The molecule has 0 bridgehead atoms. The summed E-state index contributed by atoms with van der Waals surface area (Å²) in [6, 6.07) is 10.1. The maximum absolute atomic E-state index is 6.13. The van der Waals surface area contributed by atoms with Crippen LogP contribution in [-0.4, -0.2) is 23.6 Å². The summed E-state index contributed by atoms with van der Waals surface area (Å²) in [4.78, 5) is 0. The fourth-order valence-corrected chi connectivity index (χ4v) is 2.55. The molecule has 1 aromatic carbocycles. The molecule has 21 heavy (non-hydrogen) atoms. The monoisotopic (exact) mass is 290 g/mol. The van der Waals surface area contributed by atoms with Gasteiger partial charge in [0.2, 0.25) is 0 Å². The zero-order valence-corrected chi connectivity index (χ0v) is 13.7. The third kappa shape index (κ3) is 3.94. The molecule has 0 spiro atoms. The molecule has 0 aromatic heterocycles. The number of hydrogen-bond acceptors (Lipinski definition) is 3. The van der Waals surface area contributed by atoms with E-state index in [1.54, 1.807) is 0 Å². The highest BCUT2D eigenvalue weighted by molar-refractivity contribution is 5.14. The van der Waals surface area contributed by atoms with Crippen molar-refractivity contribution in [1.29, 1.82) is 0 Å². The first-order valence-corrected chi connectivity index (χ1v) is 7.40. The average molecular weight is 290 g/mol. The second-order valence-electron chi connectivity index (χ2n) is 6.70. The molecular weight excluding hydrogens is 264 g/mol. The molecule has 0 amide bonds. The molecule has 0 saturated carbocycles. The maximum Gasteiger partial charge on any atom is 0.164 e. The molecule has 2 rings (SSSR count). The van der Waals surface area contributed by atoms with Crippen LogP contribution in [0.25, 0.3) is 0 Å². The first-order chi connectivity index (χ1) is 9.71. The van der Waals surface area contributed by atoms with Crippen LogP contribution in [0.2, 0.25) is 0 Å². The van der Waals surface area contributed by atoms with E-state index in [9.17, 15) is 0 Å². The van der Waals surface area contributed by atoms with Crippen LogP contribution in [0.4, 0.5) is 0 Å². The molecule has 1 saturated heterocycles. The van der Waals surface area contributed by atoms with Crippen LogP contribution in [0.15, 0.2) is 42.5 Å². The van der Waals surface area contributed by atoms with Crippen molar-refractivity contribution in [3.8, 4) is 0 Å². The minimum atomic E-state index is -0.609. The predicted molar refractivity (Wildman–Crippen MR) is 83.9 cm³/mol. The quantitative estimate of drug-likeness (QED) is 0.765. The Hall–Kier alpha value is -1.16. The smallest absolute Gasteiger partial charge is 0.164 e. The molecule has 0 N–H and O–H groups in total. The highest BCUT2D eigenvalue weighted by Crippen LogP contribution is 2.38. The van der Waals surface area contributed by atoms with E-state index in [0.29, 0.717) is 6.61 Å². The molecule has 3 nitrogen and oxygen atoms in total. The number of benzene rings is 1. The number of ether oxygens (including phenoxy) is 3. The van der Waals surface area contributed by atoms with E-state index >= 15 is 0 Å². The minimum Gasteiger partial charge on any atom is -0.368 e. The van der Waals surface area contributed by atoms with Gasteiger partial charge in [-0.05, 0) is 45.8 Å². The summed E-state index contributed by atoms with van der Waals surface area (Å²) >= 11 is 0. The van der Waals surface area contributed by atoms with Gasteiger partial charge in [-0.15, -0.1) is 0 Å². The van der Waals surface area contributed by atoms with E-state index in [1.807, 2.05) is 52.8 Å². The SMILES string of the molecule is C=C(C)[C@@H]1OC(C)(C)O[C@H]1C(C)(C)OCc1ccccc1. The number of hydrogen-bond donors (Lipinski definition) is 0. The zero-order valence-electron chi connectivity index (χ0n) is 13.7. The van der Waals surface area contributed by atoms with Crippen molar-refractivity contribution in [2.24, 2.45) is 0 Å². The Morgan fingerprint density at radius 2 is 1.86 bits per heavy atom. The predicted octanol–water partition coefficient (Wildman–Crippen LogP) is 4.08. The van der Waals surface area contributed by atoms with Gasteiger partial charge in [0.05, 0.1) is 12.2 Å². The highest BCUT2D eigenvalue weighted by Gasteiger charge is 2.49. The lowest BCUT2D eigenvalue weighted by Crippen LogP contribution is -2.45. The first-order valence-electron chi connectivity index (χ1n) is 7.40. The molecule has 1 aromatic rings. The summed E-state index contributed by atoms with van der Waals surface area (Å²) in [5, 5.41) is 0. The standard InChI is InChI=1S/C18H26O3/c1-13(2)15-16(21-18(5,6)20-15)17(3,4)19-12-14-10-8-7-9-11-14/h7-11,15-16H,1,12H2,2-6H3/t15-,16+/m0/s1. The first kappa shape index (κ1) is 16.2. The van der Waals surface area contributed by atoms with E-state index in [0.717, 1.165) is 11.1 Å². The normalized spacial score (nSPS) is 25.0. The molecule has 1 aliphatic heterocycles. The van der Waals surface area contributed by atoms with Crippen LogP contribution >= 0.6 is 0 Å². The van der Waals surface area contributed by atoms with E-state index in [-0.39, 0.29) is 12.2 Å². The van der Waals surface area contributed by atoms with Crippen LogP contribution in [0.5, 0.6) is 0 Å². The van der Waals surface area contributed by atoms with Gasteiger partial charge < -0.3 is 14.2 Å². The lowest BCUT2D eigenvalue weighted by Gasteiger charge is -2.34. The van der Waals surface area contributed by atoms with Gasteiger partial charge in [0.25, 0.3) is 0 Å². The van der Waals surface area contributed by atoms with Crippen molar-refractivity contribution in [1.82, 2.24) is 0 Å². The molecular formula is C18H26O3. The Kier molecular flexibility index (Phi) is 4.57. The lowest BCUT2D eigenvalue weighted by molar-refractivity contribution is -0.177. The summed E-state index contributed by atoms with van der Waals surface area (Å²) in [5.41, 5.74) is 1.64. The van der Waals surface area contributed by atoms with Crippen LogP contribution < -0.4 is 0 Å². The minimum absolute atomic E-state index is 0.147. The number of rotatable bonds is 5. The third-order valence-electron chi connectivity index (χ3n) is 3.72. The molecule has 0 radical (unpaired) electrons. The Balaban J connectivity index is 2.08. The Labute approximate surface area is 127 Å². The van der Waals surface area contributed by atoms with Gasteiger partial charge in [0, 0.05) is 0 Å². The molecule has 0 unspecified atom stereocenters. The molecule has 3 heteroatoms. The van der Waals surface area contributed by atoms with E-state index in [2.05, 4.69) is 18.7 Å². The van der Waals surface area contributed by atoms with E-state index in [4.69, 9.17) is 14.2 Å². The second kappa shape index (κ2) is 5.91. The summed E-state index contributed by atoms with van der Waals surface area (Å²) in [5.74, 6) is -0.609. The van der Waals surface area contributed by atoms with Crippen molar-refractivity contribution in [3.05, 3.63) is 48.0 Å². The highest BCUT2D eigenvalue weighted by atomic mass is 16.8. The molecule has 0 aliphatic carbocycles. The van der Waals surface area contributed by atoms with Crippen molar-refractivity contribution in [2.45, 2.75) is 64.8 Å². The van der Waals surface area contributed by atoms with Gasteiger partial charge in [-0.3, -0.25) is 0 Å². The van der Waals surface area contributed by atoms with Crippen molar-refractivity contribution >= 4 is 0 Å². The second-order valence-corrected chi connectivity index (χ2v) is 6.70. The van der Waals surface area contributed by atoms with Crippen molar-refractivity contribution in [3.63, 3.8) is 0 Å². The third-order valence-corrected chi connectivity index (χ3v) is 3.72. The van der Waals surface area contributed by atoms with Gasteiger partial charge in [-0.25, -0.2) is 0 Å². The molecule has 1 aliphatic rings. The molecule has 1 heterocycles. The van der Waals surface area contributed by atoms with Gasteiger partial charge in [0.15, 0.2) is 5.79 Å². The fourth-order valence-electron chi connectivity index (χ4n) is 2.55. The molecule has 2 atom stereocenters. The van der Waals surface area contributed by atoms with Crippen LogP contribution in [-0.2, 0) is 20.8 Å². The van der Waals surface area contributed by atoms with Crippen molar-refractivity contribution < 1.29 is 14.2 Å². The van der Waals surface area contributed by atoms with Crippen molar-refractivity contribution in [2.75, 3.05) is 0 Å². The van der Waals surface area contributed by atoms with Gasteiger partial charge in [-0.1, -0.05) is 36.9 Å². The largest absolute Gasteiger partial charge is 0.368 e. The van der Waals surface area contributed by atoms with Crippen LogP contribution in [0.1, 0.15) is 40.2 Å². The van der Waals surface area contributed by atoms with Gasteiger partial charge >= 0.3 is 0 Å². The average Bonchev–Trinajstić information content (AvgIpc) is 2.75.